The van der Waals surface area contributed by atoms with Crippen molar-refractivity contribution in [3.8, 4) is 5.69 Å². The van der Waals surface area contributed by atoms with E-state index in [-0.39, 0.29) is 11.5 Å². The van der Waals surface area contributed by atoms with Crippen LogP contribution < -0.4 is 0 Å². The van der Waals surface area contributed by atoms with E-state index in [4.69, 9.17) is 21.1 Å². The summed E-state index contributed by atoms with van der Waals surface area (Å²) < 4.78 is 12.1. The molecular weight excluding hydrogens is 404 g/mol. The van der Waals surface area contributed by atoms with Gasteiger partial charge in [0.15, 0.2) is 0 Å². The van der Waals surface area contributed by atoms with Gasteiger partial charge >= 0.3 is 5.97 Å². The first kappa shape index (κ1) is 21.9. The predicted molar refractivity (Wildman–Crippen MR) is 117 cm³/mol. The zero-order valence-electron chi connectivity index (χ0n) is 17.8. The van der Waals surface area contributed by atoms with Crippen LogP contribution in [-0.2, 0) is 19.1 Å². The fourth-order valence-electron chi connectivity index (χ4n) is 3.76. The lowest BCUT2D eigenvalue weighted by Gasteiger charge is -2.16. The topological polar surface area (TPSA) is 60.8 Å². The molecule has 2 heterocycles. The van der Waals surface area contributed by atoms with Gasteiger partial charge < -0.3 is 18.9 Å². The number of nitrogens with zero attached hydrogens (tertiary/aromatic N) is 2. The number of hydrogen-bond donors (Lipinski definition) is 0. The minimum Gasteiger partial charge on any atom is -0.465 e. The molecule has 0 bridgehead atoms. The van der Waals surface area contributed by atoms with Gasteiger partial charge in [-0.1, -0.05) is 11.6 Å². The van der Waals surface area contributed by atoms with E-state index in [1.807, 2.05) is 44.2 Å². The largest absolute Gasteiger partial charge is 0.465 e. The second-order valence-electron chi connectivity index (χ2n) is 7.10. The van der Waals surface area contributed by atoms with Crippen LogP contribution >= 0.6 is 11.6 Å². The Hall–Kier alpha value is -2.83. The second-order valence-corrected chi connectivity index (χ2v) is 7.53. The quantitative estimate of drug-likeness (QED) is 0.514. The van der Waals surface area contributed by atoms with Crippen molar-refractivity contribution in [2.45, 2.75) is 20.8 Å². The molecule has 1 amide bonds. The van der Waals surface area contributed by atoms with E-state index in [1.54, 1.807) is 25.0 Å². The Balaban J connectivity index is 2.09. The molecule has 3 rings (SSSR count). The minimum atomic E-state index is -0.529. The lowest BCUT2D eigenvalue weighted by Crippen LogP contribution is -2.28. The smallest absolute Gasteiger partial charge is 0.340 e. The third-order valence-electron chi connectivity index (χ3n) is 5.28. The van der Waals surface area contributed by atoms with Crippen LogP contribution in [0.4, 0.5) is 0 Å². The lowest BCUT2D eigenvalue weighted by molar-refractivity contribution is -0.136. The molecule has 1 aliphatic heterocycles. The number of hydrogen-bond acceptors (Lipinski definition) is 4. The van der Waals surface area contributed by atoms with Gasteiger partial charge in [0.2, 0.25) is 0 Å². The van der Waals surface area contributed by atoms with Crippen molar-refractivity contribution in [3.05, 3.63) is 69.1 Å². The molecule has 0 unspecified atom stereocenters. The zero-order chi connectivity index (χ0) is 22.0. The van der Waals surface area contributed by atoms with E-state index in [1.165, 1.54) is 7.11 Å². The summed E-state index contributed by atoms with van der Waals surface area (Å²) in [6.07, 6.45) is 1.76. The number of aryl methyl sites for hydroxylation is 1. The Kier molecular flexibility index (Phi) is 6.48. The lowest BCUT2D eigenvalue weighted by atomic mass is 10.0. The average molecular weight is 429 g/mol. The molecule has 0 fully saturated rings. The Morgan fingerprint density at radius 1 is 1.13 bits per heavy atom. The van der Waals surface area contributed by atoms with Gasteiger partial charge in [-0.15, -0.1) is 0 Å². The molecule has 2 aromatic rings. The van der Waals surface area contributed by atoms with E-state index in [0.717, 1.165) is 22.6 Å². The molecule has 0 aliphatic carbocycles. The average Bonchev–Trinajstić information content (AvgIpc) is 3.13. The van der Waals surface area contributed by atoms with Crippen LogP contribution in [0.3, 0.4) is 0 Å². The van der Waals surface area contributed by atoms with Crippen LogP contribution in [0.15, 0.2) is 47.2 Å². The van der Waals surface area contributed by atoms with Gasteiger partial charge in [0.05, 0.1) is 24.9 Å². The molecule has 158 valence electrons. The van der Waals surface area contributed by atoms with E-state index in [9.17, 15) is 9.59 Å². The number of esters is 1. The first-order valence-corrected chi connectivity index (χ1v) is 9.94. The van der Waals surface area contributed by atoms with Crippen LogP contribution in [-0.4, -0.2) is 48.7 Å². The van der Waals surface area contributed by atoms with Gasteiger partial charge in [-0.2, -0.15) is 0 Å². The molecule has 30 heavy (non-hydrogen) atoms. The van der Waals surface area contributed by atoms with Gasteiger partial charge in [-0.3, -0.25) is 4.79 Å². The van der Waals surface area contributed by atoms with Gasteiger partial charge in [-0.05, 0) is 62.7 Å². The van der Waals surface area contributed by atoms with E-state index < -0.39 is 5.97 Å². The van der Waals surface area contributed by atoms with Gasteiger partial charge in [0, 0.05) is 41.4 Å². The monoisotopic (exact) mass is 428 g/mol. The van der Waals surface area contributed by atoms with Crippen molar-refractivity contribution in [1.82, 2.24) is 9.47 Å². The Morgan fingerprint density at radius 3 is 2.40 bits per heavy atom. The number of benzene rings is 1. The molecule has 1 aromatic carbocycles. The van der Waals surface area contributed by atoms with Crippen LogP contribution in [0, 0.1) is 13.8 Å². The Bertz CT molecular complexity index is 1050. The molecule has 1 aliphatic rings. The van der Waals surface area contributed by atoms with Gasteiger partial charge in [0.25, 0.3) is 5.91 Å². The van der Waals surface area contributed by atoms with E-state index in [0.29, 0.717) is 29.4 Å². The van der Waals surface area contributed by atoms with Gasteiger partial charge in [0.1, 0.15) is 0 Å². The summed E-state index contributed by atoms with van der Waals surface area (Å²) in [7, 11) is 2.89. The van der Waals surface area contributed by atoms with E-state index >= 15 is 0 Å². The van der Waals surface area contributed by atoms with Crippen LogP contribution in [0.1, 0.15) is 23.9 Å². The summed E-state index contributed by atoms with van der Waals surface area (Å²) in [4.78, 5) is 27.1. The number of amides is 1. The van der Waals surface area contributed by atoms with Crippen molar-refractivity contribution in [2.24, 2.45) is 0 Å². The summed E-state index contributed by atoms with van der Waals surface area (Å²) in [5.74, 6) is -0.764. The second kappa shape index (κ2) is 8.90. The fourth-order valence-corrected chi connectivity index (χ4v) is 3.88. The maximum atomic E-state index is 13.1. The summed E-state index contributed by atoms with van der Waals surface area (Å²) in [6.45, 7) is 6.45. The Labute approximate surface area is 181 Å². The maximum Gasteiger partial charge on any atom is 0.340 e. The highest BCUT2D eigenvalue weighted by atomic mass is 35.5. The molecule has 0 atom stereocenters. The van der Waals surface area contributed by atoms with Crippen LogP contribution in [0.2, 0.25) is 5.02 Å². The summed E-state index contributed by atoms with van der Waals surface area (Å²) in [6, 6.07) is 9.55. The number of ether oxygens (including phenoxy) is 2. The number of methoxy groups -OCH3 is 2. The van der Waals surface area contributed by atoms with Crippen molar-refractivity contribution < 1.29 is 19.1 Å². The highest BCUT2D eigenvalue weighted by Gasteiger charge is 2.37. The van der Waals surface area contributed by atoms with Crippen molar-refractivity contribution in [3.63, 3.8) is 0 Å². The number of allylic oxidation sites excluding steroid dienone is 1. The van der Waals surface area contributed by atoms with Crippen LogP contribution in [0.5, 0.6) is 0 Å². The number of aromatic nitrogens is 1. The summed E-state index contributed by atoms with van der Waals surface area (Å²) >= 11 is 6.02. The standard InChI is InChI=1S/C23H25ClN2O4/c1-14-12-17(15(2)26(14)19-8-6-18(24)7-9-19)13-20-21(23(28)30-5)16(3)25(22(20)27)10-11-29-4/h6-9,12-13H,10-11H2,1-5H3. The first-order chi connectivity index (χ1) is 14.3. The highest BCUT2D eigenvalue weighted by Crippen LogP contribution is 2.33. The zero-order valence-corrected chi connectivity index (χ0v) is 18.5. The van der Waals surface area contributed by atoms with Crippen LogP contribution in [0.25, 0.3) is 11.8 Å². The molecule has 7 heteroatoms. The molecule has 0 spiro atoms. The molecule has 6 nitrogen and oxygen atoms in total. The highest BCUT2D eigenvalue weighted by molar-refractivity contribution is 6.30. The van der Waals surface area contributed by atoms with Gasteiger partial charge in [-0.25, -0.2) is 4.79 Å². The number of carbonyl (C=O) groups is 2. The molecular formula is C23H25ClN2O4. The predicted octanol–water partition coefficient (Wildman–Crippen LogP) is 4.07. The van der Waals surface area contributed by atoms with Crippen molar-refractivity contribution in [2.75, 3.05) is 27.4 Å². The molecule has 0 saturated heterocycles. The third-order valence-corrected chi connectivity index (χ3v) is 5.53. The molecule has 0 radical (unpaired) electrons. The molecule has 0 saturated carbocycles. The molecule has 1 aromatic heterocycles. The Morgan fingerprint density at radius 2 is 1.80 bits per heavy atom. The third kappa shape index (κ3) is 3.93. The van der Waals surface area contributed by atoms with E-state index in [2.05, 4.69) is 4.57 Å². The fraction of sp³-hybridized carbons (Fsp3) is 0.304. The molecule has 0 N–H and O–H groups in total. The van der Waals surface area contributed by atoms with Crippen molar-refractivity contribution in [1.29, 1.82) is 0 Å². The maximum absolute atomic E-state index is 13.1. The first-order valence-electron chi connectivity index (χ1n) is 9.57. The van der Waals surface area contributed by atoms with Crippen molar-refractivity contribution >= 4 is 29.6 Å². The summed E-state index contributed by atoms with van der Waals surface area (Å²) in [5.41, 5.74) is 4.96. The SMILES string of the molecule is COCCN1C(=O)C(=Cc2cc(C)n(-c3ccc(Cl)cc3)c2C)C(C(=O)OC)=C1C. The normalized spacial score (nSPS) is 15.5. The number of rotatable bonds is 6. The number of halogens is 1. The number of carbonyl (C=O) groups excluding carboxylic acids is 2. The summed E-state index contributed by atoms with van der Waals surface area (Å²) in [5, 5.41) is 0.666. The minimum absolute atomic E-state index is 0.235.